The van der Waals surface area contributed by atoms with E-state index < -0.39 is 0 Å². The summed E-state index contributed by atoms with van der Waals surface area (Å²) in [5.41, 5.74) is 4.91. The molecule has 3 aromatic rings. The van der Waals surface area contributed by atoms with Crippen molar-refractivity contribution in [2.45, 2.75) is 12.3 Å². The number of fused-ring (bicyclic) bond motifs is 3. The second-order valence-electron chi connectivity index (χ2n) is 5.81. The van der Waals surface area contributed by atoms with Gasteiger partial charge in [-0.05, 0) is 24.6 Å². The molecule has 1 aliphatic rings. The number of allylic oxidation sites excluding steroid dienone is 2. The van der Waals surface area contributed by atoms with Gasteiger partial charge in [-0.15, -0.1) is 0 Å². The van der Waals surface area contributed by atoms with Gasteiger partial charge in [-0.1, -0.05) is 66.8 Å². The van der Waals surface area contributed by atoms with Gasteiger partial charge in [-0.2, -0.15) is 0 Å². The molecule has 0 amide bonds. The normalized spacial score (nSPS) is 20.4. The van der Waals surface area contributed by atoms with Gasteiger partial charge < -0.3 is 4.98 Å². The first-order valence-electron chi connectivity index (χ1n) is 7.31. The van der Waals surface area contributed by atoms with E-state index in [1.165, 1.54) is 27.7 Å². The highest BCUT2D eigenvalue weighted by Crippen LogP contribution is 2.34. The maximum atomic E-state index is 3.51. The molecule has 102 valence electrons. The molecule has 1 aliphatic carbocycles. The van der Waals surface area contributed by atoms with E-state index in [2.05, 4.69) is 90.8 Å². The topological polar surface area (TPSA) is 15.8 Å². The van der Waals surface area contributed by atoms with E-state index >= 15 is 0 Å². The molecule has 0 spiro atoms. The van der Waals surface area contributed by atoms with E-state index in [0.717, 1.165) is 0 Å². The molecule has 0 aliphatic heterocycles. The quantitative estimate of drug-likeness (QED) is 0.628. The van der Waals surface area contributed by atoms with Crippen LogP contribution in [0, 0.1) is 0 Å². The molecule has 0 saturated heterocycles. The van der Waals surface area contributed by atoms with Gasteiger partial charge >= 0.3 is 0 Å². The highest BCUT2D eigenvalue weighted by atomic mass is 14.7. The van der Waals surface area contributed by atoms with Crippen LogP contribution in [0.5, 0.6) is 0 Å². The maximum absolute atomic E-state index is 3.51. The van der Waals surface area contributed by atoms with Crippen molar-refractivity contribution < 1.29 is 0 Å². The molecule has 0 radical (unpaired) electrons. The molecule has 0 saturated carbocycles. The summed E-state index contributed by atoms with van der Waals surface area (Å²) < 4.78 is 0. The molecule has 1 heterocycles. The number of H-pyrrole nitrogens is 1. The average molecular weight is 271 g/mol. The lowest BCUT2D eigenvalue weighted by Gasteiger charge is -2.21. The maximum Gasteiger partial charge on any atom is 0.0464 e. The van der Waals surface area contributed by atoms with E-state index in [-0.39, 0.29) is 5.41 Å². The Morgan fingerprint density at radius 3 is 2.38 bits per heavy atom. The summed E-state index contributed by atoms with van der Waals surface area (Å²) in [6, 6.07) is 19.1. The van der Waals surface area contributed by atoms with Crippen LogP contribution in [0.4, 0.5) is 0 Å². The van der Waals surface area contributed by atoms with Crippen molar-refractivity contribution >= 4 is 23.1 Å². The predicted molar refractivity (Wildman–Crippen MR) is 90.2 cm³/mol. The Morgan fingerprint density at radius 1 is 0.810 bits per heavy atom. The Kier molecular flexibility index (Phi) is 2.61. The molecule has 1 heteroatoms. The van der Waals surface area contributed by atoms with Crippen molar-refractivity contribution in [3.63, 3.8) is 0 Å². The highest BCUT2D eigenvalue weighted by molar-refractivity contribution is 5.94. The van der Waals surface area contributed by atoms with Gasteiger partial charge in [-0.3, -0.25) is 0 Å². The monoisotopic (exact) mass is 271 g/mol. The number of rotatable bonds is 1. The third-order valence-corrected chi connectivity index (χ3v) is 4.36. The molecule has 4 rings (SSSR count). The molecule has 1 aromatic heterocycles. The van der Waals surface area contributed by atoms with Crippen LogP contribution in [-0.2, 0) is 5.41 Å². The van der Waals surface area contributed by atoms with Gasteiger partial charge in [0.05, 0.1) is 0 Å². The fourth-order valence-electron chi connectivity index (χ4n) is 3.05. The zero-order chi connectivity index (χ0) is 14.3. The number of hydrogen-bond acceptors (Lipinski definition) is 0. The largest absolute Gasteiger partial charge is 0.355 e. The Hall–Kier alpha value is -2.54. The summed E-state index contributed by atoms with van der Waals surface area (Å²) in [7, 11) is 0. The third-order valence-electron chi connectivity index (χ3n) is 4.36. The van der Waals surface area contributed by atoms with Crippen LogP contribution in [0.1, 0.15) is 23.7 Å². The van der Waals surface area contributed by atoms with Gasteiger partial charge in [0.1, 0.15) is 0 Å². The van der Waals surface area contributed by atoms with Gasteiger partial charge in [0, 0.05) is 27.6 Å². The first kappa shape index (κ1) is 12.2. The number of benzene rings is 2. The predicted octanol–water partition coefficient (Wildman–Crippen LogP) is 5.17. The molecule has 1 atom stereocenters. The fraction of sp³-hybridized carbons (Fsp3) is 0.100. The SMILES string of the molecule is CC1(c2ccccc2)C=Cc2[nH]c3ccccc3c2C=C1. The van der Waals surface area contributed by atoms with E-state index in [4.69, 9.17) is 0 Å². The van der Waals surface area contributed by atoms with E-state index in [1.807, 2.05) is 0 Å². The summed E-state index contributed by atoms with van der Waals surface area (Å²) >= 11 is 0. The summed E-state index contributed by atoms with van der Waals surface area (Å²) in [6.45, 7) is 2.25. The zero-order valence-electron chi connectivity index (χ0n) is 12.0. The van der Waals surface area contributed by atoms with E-state index in [0.29, 0.717) is 0 Å². The third kappa shape index (κ3) is 1.93. The Labute approximate surface area is 124 Å². The molecule has 1 nitrogen and oxygen atoms in total. The van der Waals surface area contributed by atoms with Crippen molar-refractivity contribution in [3.8, 4) is 0 Å². The second-order valence-corrected chi connectivity index (χ2v) is 5.81. The zero-order valence-corrected chi connectivity index (χ0v) is 12.0. The smallest absolute Gasteiger partial charge is 0.0464 e. The first-order chi connectivity index (χ1) is 10.3. The number of hydrogen-bond donors (Lipinski definition) is 1. The molecule has 0 fully saturated rings. The standard InChI is InChI=1S/C20H17N/c1-20(15-7-3-2-4-8-15)13-11-17-16-9-5-6-10-18(16)21-19(17)12-14-20/h2-14,21H,1H3. The minimum Gasteiger partial charge on any atom is -0.355 e. The Morgan fingerprint density at radius 2 is 1.52 bits per heavy atom. The summed E-state index contributed by atoms with van der Waals surface area (Å²) in [4.78, 5) is 3.51. The summed E-state index contributed by atoms with van der Waals surface area (Å²) in [5, 5.41) is 1.28. The van der Waals surface area contributed by atoms with Crippen LogP contribution in [0.15, 0.2) is 66.7 Å². The molecular formula is C20H17N. The average Bonchev–Trinajstić information content (AvgIpc) is 2.81. The number of aromatic nitrogens is 1. The van der Waals surface area contributed by atoms with Gasteiger partial charge in [0.15, 0.2) is 0 Å². The van der Waals surface area contributed by atoms with Crippen molar-refractivity contribution in [3.05, 3.63) is 83.6 Å². The van der Waals surface area contributed by atoms with Crippen molar-refractivity contribution in [2.24, 2.45) is 0 Å². The second kappa shape index (κ2) is 4.49. The summed E-state index contributed by atoms with van der Waals surface area (Å²) in [6.07, 6.45) is 9.04. The van der Waals surface area contributed by atoms with Crippen LogP contribution < -0.4 is 0 Å². The van der Waals surface area contributed by atoms with E-state index in [9.17, 15) is 0 Å². The highest BCUT2D eigenvalue weighted by Gasteiger charge is 2.22. The number of aromatic amines is 1. The molecule has 2 aromatic carbocycles. The van der Waals surface area contributed by atoms with Gasteiger partial charge in [0.2, 0.25) is 0 Å². The van der Waals surface area contributed by atoms with Crippen molar-refractivity contribution in [1.82, 2.24) is 4.98 Å². The molecule has 1 unspecified atom stereocenters. The Bertz CT molecular complexity index is 852. The number of para-hydroxylation sites is 1. The minimum absolute atomic E-state index is 0.0672. The van der Waals surface area contributed by atoms with E-state index in [1.54, 1.807) is 0 Å². The fourth-order valence-corrected chi connectivity index (χ4v) is 3.05. The number of nitrogens with one attached hydrogen (secondary N) is 1. The first-order valence-corrected chi connectivity index (χ1v) is 7.31. The molecular weight excluding hydrogens is 254 g/mol. The van der Waals surface area contributed by atoms with Crippen LogP contribution >= 0.6 is 0 Å². The van der Waals surface area contributed by atoms with Crippen molar-refractivity contribution in [1.29, 1.82) is 0 Å². The van der Waals surface area contributed by atoms with Crippen LogP contribution in [0.3, 0.4) is 0 Å². The van der Waals surface area contributed by atoms with Crippen LogP contribution in [-0.4, -0.2) is 4.98 Å². The molecule has 1 N–H and O–H groups in total. The van der Waals surface area contributed by atoms with Crippen LogP contribution in [0.2, 0.25) is 0 Å². The van der Waals surface area contributed by atoms with Gasteiger partial charge in [0.25, 0.3) is 0 Å². The lowest BCUT2D eigenvalue weighted by Crippen LogP contribution is -2.14. The van der Waals surface area contributed by atoms with Crippen molar-refractivity contribution in [2.75, 3.05) is 0 Å². The Balaban J connectivity index is 1.87. The minimum atomic E-state index is -0.0672. The molecule has 0 bridgehead atoms. The van der Waals surface area contributed by atoms with Crippen LogP contribution in [0.25, 0.3) is 23.1 Å². The van der Waals surface area contributed by atoms with Gasteiger partial charge in [-0.25, -0.2) is 0 Å². The summed E-state index contributed by atoms with van der Waals surface area (Å²) in [5.74, 6) is 0. The lowest BCUT2D eigenvalue weighted by atomic mass is 9.82. The lowest BCUT2D eigenvalue weighted by molar-refractivity contribution is 0.766. The molecule has 21 heavy (non-hydrogen) atoms.